The van der Waals surface area contributed by atoms with Crippen LogP contribution in [0.4, 0.5) is 18.0 Å². The van der Waals surface area contributed by atoms with Crippen molar-refractivity contribution in [2.45, 2.75) is 52.4 Å². The van der Waals surface area contributed by atoms with Gasteiger partial charge in [-0.3, -0.25) is 9.59 Å². The highest BCUT2D eigenvalue weighted by Gasteiger charge is 2.43. The van der Waals surface area contributed by atoms with E-state index in [-0.39, 0.29) is 12.1 Å². The first kappa shape index (κ1) is 23.2. The highest BCUT2D eigenvalue weighted by Crippen LogP contribution is 2.28. The maximum Gasteiger partial charge on any atom is 0.493 e. The maximum atomic E-state index is 13.0. The van der Waals surface area contributed by atoms with Crippen molar-refractivity contribution in [3.05, 3.63) is 30.0 Å². The number of fused-ring (bicyclic) bond motifs is 1. The van der Waals surface area contributed by atoms with Crippen LogP contribution < -0.4 is 4.74 Å². The molecule has 0 N–H and O–H groups in total. The number of halogens is 3. The summed E-state index contributed by atoms with van der Waals surface area (Å²) in [5.41, 5.74) is -0.0899. The molecule has 0 aliphatic rings. The maximum absolute atomic E-state index is 13.0. The van der Waals surface area contributed by atoms with E-state index < -0.39 is 41.1 Å². The van der Waals surface area contributed by atoms with Gasteiger partial charge < -0.3 is 9.47 Å². The topological polar surface area (TPSA) is 77.8 Å². The van der Waals surface area contributed by atoms with Gasteiger partial charge in [0.05, 0.1) is 12.6 Å². The number of hydrogen-bond acceptors (Lipinski definition) is 5. The summed E-state index contributed by atoms with van der Waals surface area (Å²) < 4.78 is 50.7. The highest BCUT2D eigenvalue weighted by atomic mass is 19.4. The summed E-state index contributed by atoms with van der Waals surface area (Å²) in [6, 6.07) is 6.46. The fourth-order valence-corrected chi connectivity index (χ4v) is 2.93. The number of ether oxygens (including phenoxy) is 2. The average Bonchev–Trinajstić information content (AvgIpc) is 2.94. The first-order valence-corrected chi connectivity index (χ1v) is 9.06. The SMILES string of the molecule is COc1ccc2c(c1)cc(CCC(=O)N(C(C)=O)C(F)(F)F)n2C(=O)OC(C)(C)C. The molecule has 0 bridgehead atoms. The van der Waals surface area contributed by atoms with E-state index in [2.05, 4.69) is 0 Å². The van der Waals surface area contributed by atoms with Gasteiger partial charge in [0.1, 0.15) is 11.4 Å². The molecule has 1 aromatic carbocycles. The normalized spacial score (nSPS) is 12.0. The molecule has 1 heterocycles. The van der Waals surface area contributed by atoms with Crippen LogP contribution in [0.15, 0.2) is 24.3 Å². The predicted molar refractivity (Wildman–Crippen MR) is 102 cm³/mol. The zero-order valence-corrected chi connectivity index (χ0v) is 17.3. The van der Waals surface area contributed by atoms with E-state index >= 15 is 0 Å². The smallest absolute Gasteiger partial charge is 0.493 e. The molecule has 0 fully saturated rings. The average molecular weight is 428 g/mol. The van der Waals surface area contributed by atoms with E-state index in [1.165, 1.54) is 11.7 Å². The minimum absolute atomic E-state index is 0.213. The Bertz CT molecular complexity index is 973. The molecule has 164 valence electrons. The lowest BCUT2D eigenvalue weighted by atomic mass is 10.2. The van der Waals surface area contributed by atoms with E-state index in [1.807, 2.05) is 0 Å². The first-order chi connectivity index (χ1) is 13.7. The van der Waals surface area contributed by atoms with Gasteiger partial charge in [0.2, 0.25) is 11.8 Å². The van der Waals surface area contributed by atoms with Gasteiger partial charge in [0.25, 0.3) is 0 Å². The number of rotatable bonds is 4. The van der Waals surface area contributed by atoms with E-state index in [0.29, 0.717) is 23.6 Å². The number of nitrogens with zero attached hydrogens (tertiary/aromatic N) is 2. The van der Waals surface area contributed by atoms with Crippen LogP contribution in [0.2, 0.25) is 0 Å². The lowest BCUT2D eigenvalue weighted by Gasteiger charge is -2.22. The second-order valence-corrected chi connectivity index (χ2v) is 7.59. The third-order valence-corrected chi connectivity index (χ3v) is 4.07. The van der Waals surface area contributed by atoms with Crippen LogP contribution in [-0.2, 0) is 20.7 Å². The summed E-state index contributed by atoms with van der Waals surface area (Å²) in [4.78, 5) is 35.3. The van der Waals surface area contributed by atoms with Gasteiger partial charge in [-0.05, 0) is 51.5 Å². The van der Waals surface area contributed by atoms with Crippen molar-refractivity contribution >= 4 is 28.8 Å². The van der Waals surface area contributed by atoms with E-state index in [0.717, 1.165) is 0 Å². The molecule has 2 amide bonds. The molecule has 30 heavy (non-hydrogen) atoms. The zero-order valence-electron chi connectivity index (χ0n) is 17.3. The fraction of sp³-hybridized carbons (Fsp3) is 0.450. The molecule has 0 radical (unpaired) electrons. The minimum Gasteiger partial charge on any atom is -0.497 e. The summed E-state index contributed by atoms with van der Waals surface area (Å²) in [6.07, 6.45) is -6.69. The lowest BCUT2D eigenvalue weighted by Crippen LogP contribution is -2.46. The Hall–Kier alpha value is -3.04. The van der Waals surface area contributed by atoms with E-state index in [1.54, 1.807) is 45.0 Å². The van der Waals surface area contributed by atoms with Crippen molar-refractivity contribution in [3.63, 3.8) is 0 Å². The van der Waals surface area contributed by atoms with Crippen LogP contribution in [0.5, 0.6) is 5.75 Å². The van der Waals surface area contributed by atoms with Crippen LogP contribution >= 0.6 is 0 Å². The van der Waals surface area contributed by atoms with Crippen molar-refractivity contribution in [1.29, 1.82) is 0 Å². The molecule has 0 saturated carbocycles. The van der Waals surface area contributed by atoms with E-state index in [9.17, 15) is 27.6 Å². The largest absolute Gasteiger partial charge is 0.497 e. The Morgan fingerprint density at radius 3 is 2.23 bits per heavy atom. The third kappa shape index (κ3) is 5.31. The van der Waals surface area contributed by atoms with Crippen molar-refractivity contribution in [2.24, 2.45) is 0 Å². The van der Waals surface area contributed by atoms with Gasteiger partial charge in [0.15, 0.2) is 0 Å². The number of amides is 2. The predicted octanol–water partition coefficient (Wildman–Crippen LogP) is 4.26. The molecule has 0 aliphatic heterocycles. The van der Waals surface area contributed by atoms with Gasteiger partial charge in [-0.1, -0.05) is 0 Å². The minimum atomic E-state index is -5.12. The molecular weight excluding hydrogens is 405 g/mol. The van der Waals surface area contributed by atoms with Crippen LogP contribution in [0.3, 0.4) is 0 Å². The molecule has 0 unspecified atom stereocenters. The Kier molecular flexibility index (Phi) is 6.48. The molecular formula is C20H23F3N2O5. The highest BCUT2D eigenvalue weighted by molar-refractivity contribution is 5.95. The Morgan fingerprint density at radius 1 is 1.10 bits per heavy atom. The van der Waals surface area contributed by atoms with Crippen LogP contribution in [0, 0.1) is 0 Å². The summed E-state index contributed by atoms with van der Waals surface area (Å²) in [5.74, 6) is -2.32. The third-order valence-electron chi connectivity index (χ3n) is 4.07. The molecule has 7 nitrogen and oxygen atoms in total. The van der Waals surface area contributed by atoms with Gasteiger partial charge in [-0.25, -0.2) is 9.36 Å². The monoisotopic (exact) mass is 428 g/mol. The van der Waals surface area contributed by atoms with Crippen molar-refractivity contribution in [2.75, 3.05) is 7.11 Å². The zero-order chi connectivity index (χ0) is 22.9. The fourth-order valence-electron chi connectivity index (χ4n) is 2.93. The number of methoxy groups -OCH3 is 1. The van der Waals surface area contributed by atoms with Crippen molar-refractivity contribution in [3.8, 4) is 5.75 Å². The second-order valence-electron chi connectivity index (χ2n) is 7.59. The van der Waals surface area contributed by atoms with Gasteiger partial charge in [-0.2, -0.15) is 4.90 Å². The van der Waals surface area contributed by atoms with Crippen LogP contribution in [0.1, 0.15) is 39.8 Å². The number of hydrogen-bond donors (Lipinski definition) is 0. The number of imide groups is 1. The lowest BCUT2D eigenvalue weighted by molar-refractivity contribution is -0.235. The molecule has 1 aromatic heterocycles. The standard InChI is InChI=1S/C20H23F3N2O5/c1-12(26)25(20(21,22)23)17(27)9-6-14-10-13-11-15(29-5)7-8-16(13)24(14)18(28)30-19(2,3)4/h7-8,10-11H,6,9H2,1-5H3. The second kappa shape index (κ2) is 8.37. The molecule has 0 saturated heterocycles. The molecule has 0 aliphatic carbocycles. The van der Waals surface area contributed by atoms with Gasteiger partial charge in [-0.15, -0.1) is 13.2 Å². The Morgan fingerprint density at radius 2 is 1.73 bits per heavy atom. The number of aryl methyl sites for hydroxylation is 1. The van der Waals surface area contributed by atoms with Crippen LogP contribution in [0.25, 0.3) is 10.9 Å². The van der Waals surface area contributed by atoms with Gasteiger partial charge in [0, 0.05) is 24.4 Å². The molecule has 2 rings (SSSR count). The number of aromatic nitrogens is 1. The summed E-state index contributed by atoms with van der Waals surface area (Å²) in [5, 5.41) is 0.585. The van der Waals surface area contributed by atoms with Crippen molar-refractivity contribution in [1.82, 2.24) is 9.47 Å². The van der Waals surface area contributed by atoms with Gasteiger partial charge >= 0.3 is 12.4 Å². The quantitative estimate of drug-likeness (QED) is 0.680. The Labute approximate surface area is 171 Å². The Balaban J connectivity index is 2.42. The molecule has 2 aromatic rings. The van der Waals surface area contributed by atoms with E-state index in [4.69, 9.17) is 9.47 Å². The summed E-state index contributed by atoms with van der Waals surface area (Å²) in [7, 11) is 1.47. The number of carbonyl (C=O) groups is 3. The number of benzene rings is 1. The summed E-state index contributed by atoms with van der Waals surface area (Å²) >= 11 is 0. The first-order valence-electron chi connectivity index (χ1n) is 9.06. The summed E-state index contributed by atoms with van der Waals surface area (Å²) in [6.45, 7) is 5.69. The molecule has 0 spiro atoms. The molecule has 10 heteroatoms. The molecule has 0 atom stereocenters. The number of carbonyl (C=O) groups excluding carboxylic acids is 3. The van der Waals surface area contributed by atoms with Crippen molar-refractivity contribution < 1.29 is 37.0 Å². The van der Waals surface area contributed by atoms with Crippen LogP contribution in [-0.4, -0.2) is 46.4 Å². The number of alkyl halides is 3.